The molecular formula is C36H35N5O2. The molecule has 0 saturated carbocycles. The quantitative estimate of drug-likeness (QED) is 0.159. The van der Waals surface area contributed by atoms with Crippen molar-refractivity contribution in [1.82, 2.24) is 15.3 Å². The van der Waals surface area contributed by atoms with Gasteiger partial charge in [0.1, 0.15) is 0 Å². The van der Waals surface area contributed by atoms with Crippen LogP contribution in [0.4, 0.5) is 11.4 Å². The molecule has 0 saturated heterocycles. The van der Waals surface area contributed by atoms with Crippen LogP contribution in [0.15, 0.2) is 72.9 Å². The monoisotopic (exact) mass is 569 g/mol. The maximum Gasteiger partial charge on any atom is 0.225 e. The number of nitrogens with one attached hydrogen (secondary N) is 3. The molecule has 0 bridgehead atoms. The van der Waals surface area contributed by atoms with Crippen LogP contribution in [0.2, 0.25) is 0 Å². The second kappa shape index (κ2) is 11.9. The molecule has 7 heteroatoms. The smallest absolute Gasteiger partial charge is 0.225 e. The molecule has 7 rings (SSSR count). The highest BCUT2D eigenvalue weighted by Gasteiger charge is 2.26. The number of hydrogen-bond donors (Lipinski definition) is 3. The van der Waals surface area contributed by atoms with Gasteiger partial charge in [0.05, 0.1) is 11.2 Å². The number of aromatic nitrogens is 2. The lowest BCUT2D eigenvalue weighted by Gasteiger charge is -2.21. The Hall–Kier alpha value is -4.62. The molecule has 0 unspecified atom stereocenters. The number of para-hydroxylation sites is 1. The van der Waals surface area contributed by atoms with Crippen LogP contribution in [0.1, 0.15) is 59.3 Å². The third-order valence-corrected chi connectivity index (χ3v) is 8.62. The molecule has 43 heavy (non-hydrogen) atoms. The highest BCUT2D eigenvalue weighted by Crippen LogP contribution is 2.39. The number of hydrogen-bond acceptors (Lipinski definition) is 6. The van der Waals surface area contributed by atoms with Gasteiger partial charge in [-0.2, -0.15) is 0 Å². The molecule has 2 aliphatic rings. The second-order valence-electron chi connectivity index (χ2n) is 11.5. The third-order valence-electron chi connectivity index (χ3n) is 8.62. The minimum absolute atomic E-state index is 0.0367. The zero-order valence-electron chi connectivity index (χ0n) is 24.2. The van der Waals surface area contributed by atoms with Crippen LogP contribution >= 0.6 is 0 Å². The zero-order valence-corrected chi connectivity index (χ0v) is 24.2. The lowest BCUT2D eigenvalue weighted by Crippen LogP contribution is -2.23. The first-order valence-corrected chi connectivity index (χ1v) is 15.4. The summed E-state index contributed by atoms with van der Waals surface area (Å²) < 4.78 is 0. The molecule has 3 aromatic carbocycles. The van der Waals surface area contributed by atoms with Crippen molar-refractivity contribution in [3.8, 4) is 11.3 Å². The highest BCUT2D eigenvalue weighted by molar-refractivity contribution is 6.25. The van der Waals surface area contributed by atoms with Gasteiger partial charge in [-0.3, -0.25) is 19.6 Å². The van der Waals surface area contributed by atoms with E-state index in [1.165, 1.54) is 35.2 Å². The van der Waals surface area contributed by atoms with Gasteiger partial charge < -0.3 is 16.0 Å². The number of aryl methyl sites for hydroxylation is 1. The molecule has 0 radical (unpaired) electrons. The van der Waals surface area contributed by atoms with E-state index in [0.29, 0.717) is 29.8 Å². The van der Waals surface area contributed by atoms with Crippen molar-refractivity contribution in [2.75, 3.05) is 30.3 Å². The Morgan fingerprint density at radius 1 is 0.837 bits per heavy atom. The van der Waals surface area contributed by atoms with Crippen molar-refractivity contribution < 1.29 is 9.59 Å². The van der Waals surface area contributed by atoms with E-state index in [1.807, 2.05) is 36.4 Å². The highest BCUT2D eigenvalue weighted by atomic mass is 16.1. The van der Waals surface area contributed by atoms with Gasteiger partial charge in [-0.1, -0.05) is 36.4 Å². The van der Waals surface area contributed by atoms with Crippen LogP contribution in [-0.2, 0) is 17.6 Å². The zero-order chi connectivity index (χ0) is 29.2. The van der Waals surface area contributed by atoms with Crippen LogP contribution in [0, 0.1) is 0 Å². The minimum Gasteiger partial charge on any atom is -0.384 e. The Bertz CT molecular complexity index is 1860. The number of benzene rings is 3. The van der Waals surface area contributed by atoms with Crippen LogP contribution in [-0.4, -0.2) is 41.3 Å². The molecule has 2 aromatic heterocycles. The summed E-state index contributed by atoms with van der Waals surface area (Å²) in [5.41, 5.74) is 8.48. The normalized spacial score (nSPS) is 13.5. The molecule has 3 N–H and O–H groups in total. The van der Waals surface area contributed by atoms with Crippen LogP contribution in [0.5, 0.6) is 0 Å². The predicted molar refractivity (Wildman–Crippen MR) is 173 cm³/mol. The SMILES string of the molecule is O=C(CCNCCCCNc1c2c(nc3ccccc13)CCCC2)Nc1ccc2c(c1)C(=O)c1cccc3ccnc-2c13. The van der Waals surface area contributed by atoms with Crippen molar-refractivity contribution in [1.29, 1.82) is 0 Å². The van der Waals surface area contributed by atoms with E-state index in [4.69, 9.17) is 4.98 Å². The number of fused-ring (bicyclic) bond motifs is 4. The van der Waals surface area contributed by atoms with Crippen molar-refractivity contribution in [3.05, 3.63) is 95.3 Å². The van der Waals surface area contributed by atoms with Gasteiger partial charge in [-0.15, -0.1) is 0 Å². The molecular weight excluding hydrogens is 534 g/mol. The number of unbranched alkanes of at least 4 members (excludes halogenated alkanes) is 1. The average molecular weight is 570 g/mol. The Labute approximate surface area is 251 Å². The number of carbonyl (C=O) groups excluding carboxylic acids is 2. The number of rotatable bonds is 10. The first kappa shape index (κ1) is 27.2. The summed E-state index contributed by atoms with van der Waals surface area (Å²) in [6.07, 6.45) is 8.82. The number of pyridine rings is 2. The summed E-state index contributed by atoms with van der Waals surface area (Å²) in [7, 11) is 0. The minimum atomic E-state index is -0.0765. The van der Waals surface area contributed by atoms with E-state index < -0.39 is 0 Å². The first-order valence-electron chi connectivity index (χ1n) is 15.4. The van der Waals surface area contributed by atoms with Gasteiger partial charge in [-0.25, -0.2) is 0 Å². The van der Waals surface area contributed by atoms with Crippen LogP contribution in [0.3, 0.4) is 0 Å². The molecule has 2 heterocycles. The fraction of sp³-hybridized carbons (Fsp3) is 0.278. The summed E-state index contributed by atoms with van der Waals surface area (Å²) in [6, 6.07) is 21.6. The number of nitrogens with zero attached hydrogens (tertiary/aromatic N) is 2. The fourth-order valence-electron chi connectivity index (χ4n) is 6.50. The van der Waals surface area contributed by atoms with E-state index in [0.717, 1.165) is 66.3 Å². The van der Waals surface area contributed by atoms with Gasteiger partial charge in [0.15, 0.2) is 5.78 Å². The van der Waals surface area contributed by atoms with Gasteiger partial charge >= 0.3 is 0 Å². The fourth-order valence-corrected chi connectivity index (χ4v) is 6.50. The summed E-state index contributed by atoms with van der Waals surface area (Å²) in [4.78, 5) is 35.5. The standard InChI is InChI=1S/C36H35N5O2/c42-32(40-24-14-15-25-29(22-24)36(43)28-11-7-8-23-16-21-39-35(25)33(23)28)17-20-37-18-5-6-19-38-34-26-9-1-3-12-30(26)41-31-13-4-2-10-27(31)34/h1,3,7-9,11-12,14-16,21-22,37H,2,4-6,10,13,17-20H2,(H,38,41)(H,40,42). The molecule has 216 valence electrons. The maximum absolute atomic E-state index is 13.3. The molecule has 5 aromatic rings. The van der Waals surface area contributed by atoms with Gasteiger partial charge in [-0.05, 0) is 86.4 Å². The molecule has 1 amide bonds. The lowest BCUT2D eigenvalue weighted by molar-refractivity contribution is -0.116. The molecule has 7 nitrogen and oxygen atoms in total. The van der Waals surface area contributed by atoms with E-state index in [2.05, 4.69) is 45.2 Å². The number of carbonyl (C=O) groups is 2. The van der Waals surface area contributed by atoms with Gasteiger partial charge in [0.25, 0.3) is 0 Å². The summed E-state index contributed by atoms with van der Waals surface area (Å²) in [5, 5.41) is 13.2. The van der Waals surface area contributed by atoms with Gasteiger partial charge in [0, 0.05) is 70.2 Å². The van der Waals surface area contributed by atoms with Crippen molar-refractivity contribution >= 4 is 44.7 Å². The number of anilines is 2. The first-order chi connectivity index (χ1) is 21.2. The Kier molecular flexibility index (Phi) is 7.56. The third kappa shape index (κ3) is 5.37. The topological polar surface area (TPSA) is 96.0 Å². The van der Waals surface area contributed by atoms with Crippen molar-refractivity contribution in [3.63, 3.8) is 0 Å². The Morgan fingerprint density at radius 3 is 2.67 bits per heavy atom. The Balaban J connectivity index is 0.880. The predicted octanol–water partition coefficient (Wildman–Crippen LogP) is 6.68. The lowest BCUT2D eigenvalue weighted by atomic mass is 9.85. The van der Waals surface area contributed by atoms with E-state index >= 15 is 0 Å². The maximum atomic E-state index is 13.3. The summed E-state index contributed by atoms with van der Waals surface area (Å²) in [5.74, 6) is -0.113. The van der Waals surface area contributed by atoms with E-state index in [1.54, 1.807) is 12.3 Å². The van der Waals surface area contributed by atoms with Crippen LogP contribution < -0.4 is 16.0 Å². The number of ketones is 1. The Morgan fingerprint density at radius 2 is 1.72 bits per heavy atom. The van der Waals surface area contributed by atoms with E-state index in [-0.39, 0.29) is 11.7 Å². The summed E-state index contributed by atoms with van der Waals surface area (Å²) in [6.45, 7) is 2.37. The van der Waals surface area contributed by atoms with E-state index in [9.17, 15) is 9.59 Å². The van der Waals surface area contributed by atoms with Gasteiger partial charge in [0.2, 0.25) is 5.91 Å². The van der Waals surface area contributed by atoms with Crippen LogP contribution in [0.25, 0.3) is 32.9 Å². The largest absolute Gasteiger partial charge is 0.384 e. The van der Waals surface area contributed by atoms with Crippen molar-refractivity contribution in [2.45, 2.75) is 44.9 Å². The molecule has 0 atom stereocenters. The molecule has 0 spiro atoms. The average Bonchev–Trinajstić information content (AvgIpc) is 3.04. The molecule has 2 aliphatic carbocycles. The second-order valence-corrected chi connectivity index (χ2v) is 11.5. The molecule has 0 fully saturated rings. The number of amides is 1. The molecule has 0 aliphatic heterocycles. The summed E-state index contributed by atoms with van der Waals surface area (Å²) >= 11 is 0. The van der Waals surface area contributed by atoms with Crippen molar-refractivity contribution in [2.24, 2.45) is 0 Å².